The van der Waals surface area contributed by atoms with Gasteiger partial charge in [-0.2, -0.15) is 5.10 Å². The molecule has 0 radical (unpaired) electrons. The predicted octanol–water partition coefficient (Wildman–Crippen LogP) is 4.81. The molecule has 2 heterocycles. The van der Waals surface area contributed by atoms with Gasteiger partial charge in [0.05, 0.1) is 9.35 Å². The van der Waals surface area contributed by atoms with Crippen molar-refractivity contribution < 1.29 is 0 Å². The molecule has 0 saturated carbocycles. The Kier molecular flexibility index (Phi) is 3.58. The van der Waals surface area contributed by atoms with Crippen LogP contribution < -0.4 is 5.73 Å². The van der Waals surface area contributed by atoms with Gasteiger partial charge in [-0.15, -0.1) is 11.3 Å². The van der Waals surface area contributed by atoms with Gasteiger partial charge in [0.2, 0.25) is 0 Å². The van der Waals surface area contributed by atoms with Crippen LogP contribution in [-0.4, -0.2) is 9.78 Å². The van der Waals surface area contributed by atoms with E-state index in [-0.39, 0.29) is 0 Å². The lowest BCUT2D eigenvalue weighted by Gasteiger charge is -2.05. The van der Waals surface area contributed by atoms with Crippen molar-refractivity contribution in [2.24, 2.45) is 7.05 Å². The van der Waals surface area contributed by atoms with E-state index < -0.39 is 0 Å². The molecule has 3 nitrogen and oxygen atoms in total. The molecule has 20 heavy (non-hydrogen) atoms. The molecular weight excluding hydrogens is 358 g/mol. The van der Waals surface area contributed by atoms with Crippen LogP contribution in [0.1, 0.15) is 0 Å². The molecular formula is C14H11BrClN3S. The van der Waals surface area contributed by atoms with Gasteiger partial charge in [0, 0.05) is 28.6 Å². The SMILES string of the molecule is Cn1nc(-c2csc(Br)c2)c(-c2ccccc2Cl)c1N. The molecule has 1 aromatic carbocycles. The average Bonchev–Trinajstić information content (AvgIpc) is 2.96. The van der Waals surface area contributed by atoms with E-state index >= 15 is 0 Å². The molecule has 0 saturated heterocycles. The second-order valence-electron chi connectivity index (χ2n) is 4.35. The van der Waals surface area contributed by atoms with Gasteiger partial charge >= 0.3 is 0 Å². The summed E-state index contributed by atoms with van der Waals surface area (Å²) in [5.74, 6) is 0.607. The first-order chi connectivity index (χ1) is 9.58. The standard InChI is InChI=1S/C14H11BrClN3S/c1-19-14(17)12(9-4-2-3-5-10(9)16)13(18-19)8-6-11(15)20-7-8/h2-7H,17H2,1H3. The Bertz CT molecular complexity index is 779. The number of hydrogen-bond donors (Lipinski definition) is 1. The smallest absolute Gasteiger partial charge is 0.129 e. The summed E-state index contributed by atoms with van der Waals surface area (Å²) in [7, 11) is 1.83. The van der Waals surface area contributed by atoms with E-state index in [4.69, 9.17) is 17.3 Å². The molecule has 0 bridgehead atoms. The Hall–Kier alpha value is -1.30. The van der Waals surface area contributed by atoms with Gasteiger partial charge < -0.3 is 5.73 Å². The van der Waals surface area contributed by atoms with E-state index in [1.165, 1.54) is 0 Å². The zero-order valence-corrected chi connectivity index (χ0v) is 13.8. The summed E-state index contributed by atoms with van der Waals surface area (Å²) in [6.07, 6.45) is 0. The maximum Gasteiger partial charge on any atom is 0.129 e. The Balaban J connectivity index is 2.28. The Morgan fingerprint density at radius 3 is 2.75 bits per heavy atom. The van der Waals surface area contributed by atoms with Crippen molar-refractivity contribution in [3.05, 3.63) is 44.5 Å². The van der Waals surface area contributed by atoms with Crippen molar-refractivity contribution >= 4 is 44.7 Å². The van der Waals surface area contributed by atoms with Crippen LogP contribution >= 0.6 is 38.9 Å². The number of nitrogen functional groups attached to an aromatic ring is 1. The highest BCUT2D eigenvalue weighted by atomic mass is 79.9. The zero-order chi connectivity index (χ0) is 14.3. The van der Waals surface area contributed by atoms with Crippen molar-refractivity contribution in [3.63, 3.8) is 0 Å². The maximum atomic E-state index is 6.31. The number of nitrogens with zero attached hydrogens (tertiary/aromatic N) is 2. The van der Waals surface area contributed by atoms with E-state index in [0.717, 1.165) is 26.2 Å². The number of hydrogen-bond acceptors (Lipinski definition) is 3. The van der Waals surface area contributed by atoms with E-state index in [2.05, 4.69) is 21.0 Å². The minimum Gasteiger partial charge on any atom is -0.383 e. The van der Waals surface area contributed by atoms with Crippen molar-refractivity contribution in [3.8, 4) is 22.4 Å². The van der Waals surface area contributed by atoms with Crippen molar-refractivity contribution in [1.82, 2.24) is 9.78 Å². The van der Waals surface area contributed by atoms with Gasteiger partial charge in [-0.25, -0.2) is 0 Å². The van der Waals surface area contributed by atoms with E-state index in [1.807, 2.05) is 42.8 Å². The normalized spacial score (nSPS) is 10.9. The van der Waals surface area contributed by atoms with E-state index in [0.29, 0.717) is 10.8 Å². The molecule has 0 spiro atoms. The molecule has 3 aromatic rings. The second kappa shape index (κ2) is 5.24. The van der Waals surface area contributed by atoms with E-state index in [9.17, 15) is 0 Å². The first-order valence-electron chi connectivity index (χ1n) is 5.89. The van der Waals surface area contributed by atoms with Crippen LogP contribution in [0.5, 0.6) is 0 Å². The summed E-state index contributed by atoms with van der Waals surface area (Å²) in [5.41, 5.74) is 9.84. The van der Waals surface area contributed by atoms with E-state index in [1.54, 1.807) is 16.0 Å². The summed E-state index contributed by atoms with van der Waals surface area (Å²) in [6, 6.07) is 9.70. The molecule has 102 valence electrons. The Labute approximate surface area is 134 Å². The molecule has 0 aliphatic rings. The molecule has 0 amide bonds. The topological polar surface area (TPSA) is 43.8 Å². The summed E-state index contributed by atoms with van der Waals surface area (Å²) in [5, 5.41) is 7.25. The highest BCUT2D eigenvalue weighted by molar-refractivity contribution is 9.11. The fourth-order valence-corrected chi connectivity index (χ4v) is 3.47. The summed E-state index contributed by atoms with van der Waals surface area (Å²) in [6.45, 7) is 0. The maximum absolute atomic E-state index is 6.31. The van der Waals surface area contributed by atoms with Gasteiger partial charge in [-0.3, -0.25) is 4.68 Å². The highest BCUT2D eigenvalue weighted by Gasteiger charge is 2.19. The zero-order valence-electron chi connectivity index (χ0n) is 10.6. The molecule has 0 fully saturated rings. The number of benzene rings is 1. The number of aryl methyl sites for hydroxylation is 1. The number of halogens is 2. The lowest BCUT2D eigenvalue weighted by atomic mass is 10.0. The lowest BCUT2D eigenvalue weighted by molar-refractivity contribution is 0.782. The van der Waals surface area contributed by atoms with Gasteiger partial charge in [0.25, 0.3) is 0 Å². The van der Waals surface area contributed by atoms with Crippen LogP contribution in [0.2, 0.25) is 5.02 Å². The third kappa shape index (κ3) is 2.26. The highest BCUT2D eigenvalue weighted by Crippen LogP contribution is 2.40. The second-order valence-corrected chi connectivity index (χ2v) is 7.05. The van der Waals surface area contributed by atoms with Gasteiger partial charge in [-0.05, 0) is 28.1 Å². The number of aromatic nitrogens is 2. The average molecular weight is 369 g/mol. The van der Waals surface area contributed by atoms with Gasteiger partial charge in [0.1, 0.15) is 11.5 Å². The van der Waals surface area contributed by atoms with Gasteiger partial charge in [0.15, 0.2) is 0 Å². The quantitative estimate of drug-likeness (QED) is 0.705. The fraction of sp³-hybridized carbons (Fsp3) is 0.0714. The first-order valence-corrected chi connectivity index (χ1v) is 7.94. The minimum atomic E-state index is 0.607. The summed E-state index contributed by atoms with van der Waals surface area (Å²) >= 11 is 11.4. The monoisotopic (exact) mass is 367 g/mol. The molecule has 0 aliphatic carbocycles. The molecule has 0 aliphatic heterocycles. The van der Waals surface area contributed by atoms with Crippen LogP contribution in [0.3, 0.4) is 0 Å². The fourth-order valence-electron chi connectivity index (χ4n) is 2.10. The van der Waals surface area contributed by atoms with Crippen LogP contribution in [0.15, 0.2) is 39.5 Å². The van der Waals surface area contributed by atoms with Crippen LogP contribution in [0.25, 0.3) is 22.4 Å². The number of nitrogens with two attached hydrogens (primary N) is 1. The van der Waals surface area contributed by atoms with Crippen LogP contribution in [0.4, 0.5) is 5.82 Å². The van der Waals surface area contributed by atoms with Gasteiger partial charge in [-0.1, -0.05) is 29.8 Å². The molecule has 3 rings (SSSR count). The molecule has 2 aromatic heterocycles. The number of anilines is 1. The minimum absolute atomic E-state index is 0.607. The van der Waals surface area contributed by atoms with Crippen molar-refractivity contribution in [2.75, 3.05) is 5.73 Å². The summed E-state index contributed by atoms with van der Waals surface area (Å²) < 4.78 is 2.74. The number of rotatable bonds is 2. The van der Waals surface area contributed by atoms with Crippen LogP contribution in [0, 0.1) is 0 Å². The lowest BCUT2D eigenvalue weighted by Crippen LogP contribution is -1.98. The molecule has 2 N–H and O–H groups in total. The third-order valence-electron chi connectivity index (χ3n) is 3.08. The largest absolute Gasteiger partial charge is 0.383 e. The third-order valence-corrected chi connectivity index (χ3v) is 4.91. The molecule has 6 heteroatoms. The van der Waals surface area contributed by atoms with Crippen LogP contribution in [-0.2, 0) is 7.05 Å². The Morgan fingerprint density at radius 1 is 1.35 bits per heavy atom. The summed E-state index contributed by atoms with van der Waals surface area (Å²) in [4.78, 5) is 0. The van der Waals surface area contributed by atoms with Crippen molar-refractivity contribution in [2.45, 2.75) is 0 Å². The predicted molar refractivity (Wildman–Crippen MR) is 89.1 cm³/mol. The molecule has 0 unspecified atom stereocenters. The first kappa shape index (κ1) is 13.7. The van der Waals surface area contributed by atoms with Crippen molar-refractivity contribution in [1.29, 1.82) is 0 Å². The Morgan fingerprint density at radius 2 is 2.10 bits per heavy atom. The number of thiophene rings is 1. The molecule has 0 atom stereocenters.